The van der Waals surface area contributed by atoms with Gasteiger partial charge < -0.3 is 15.4 Å². The number of hydrogen-bond donors (Lipinski definition) is 2. The lowest BCUT2D eigenvalue weighted by molar-refractivity contribution is -0.121. The van der Waals surface area contributed by atoms with Crippen LogP contribution in [0.5, 0.6) is 5.75 Å². The maximum Gasteiger partial charge on any atom is 0.232 e. The summed E-state index contributed by atoms with van der Waals surface area (Å²) in [7, 11) is 1.59. The predicted octanol–water partition coefficient (Wildman–Crippen LogP) is 4.07. The van der Waals surface area contributed by atoms with Gasteiger partial charge in [-0.3, -0.25) is 4.79 Å². The molecule has 2 heterocycles. The van der Waals surface area contributed by atoms with Gasteiger partial charge in [0.05, 0.1) is 24.8 Å². The van der Waals surface area contributed by atoms with Gasteiger partial charge in [0.15, 0.2) is 0 Å². The summed E-state index contributed by atoms with van der Waals surface area (Å²) in [6.45, 7) is 6.33. The first-order valence-corrected chi connectivity index (χ1v) is 10.2. The molecule has 1 aromatic heterocycles. The van der Waals surface area contributed by atoms with Crippen LogP contribution in [0.15, 0.2) is 54.9 Å². The molecule has 2 aromatic carbocycles. The fourth-order valence-corrected chi connectivity index (χ4v) is 4.04. The summed E-state index contributed by atoms with van der Waals surface area (Å²) in [5.41, 5.74) is 2.93. The summed E-state index contributed by atoms with van der Waals surface area (Å²) in [5.74, 6) is 1.24. The monoisotopic (exact) mass is 405 g/mol. The minimum atomic E-state index is -0.394. The molecule has 156 valence electrons. The van der Waals surface area contributed by atoms with Crippen LogP contribution in [-0.4, -0.2) is 33.8 Å². The van der Waals surface area contributed by atoms with Crippen molar-refractivity contribution in [3.05, 3.63) is 66.0 Å². The van der Waals surface area contributed by atoms with Crippen LogP contribution < -0.4 is 15.4 Å². The summed E-state index contributed by atoms with van der Waals surface area (Å²) in [6, 6.07) is 15.4. The van der Waals surface area contributed by atoms with Crippen LogP contribution in [0, 0.1) is 5.92 Å². The van der Waals surface area contributed by atoms with Crippen molar-refractivity contribution in [2.75, 3.05) is 17.7 Å². The third kappa shape index (κ3) is 3.63. The SMILES string of the molecule is COc1ccccc1NC(=O)[C@H]1[C@@H](C)Nc2ncnn2[C@H]1c1ccc(C(C)C)cc1. The molecule has 3 atom stereocenters. The van der Waals surface area contributed by atoms with Gasteiger partial charge in [0.25, 0.3) is 0 Å². The molecule has 0 radical (unpaired) electrons. The Morgan fingerprint density at radius 1 is 1.17 bits per heavy atom. The lowest BCUT2D eigenvalue weighted by atomic mass is 9.84. The molecule has 2 N–H and O–H groups in total. The molecule has 0 unspecified atom stereocenters. The Morgan fingerprint density at radius 3 is 2.60 bits per heavy atom. The lowest BCUT2D eigenvalue weighted by Crippen LogP contribution is -2.46. The molecular weight excluding hydrogens is 378 g/mol. The van der Waals surface area contributed by atoms with Gasteiger partial charge in [0.1, 0.15) is 12.1 Å². The van der Waals surface area contributed by atoms with E-state index >= 15 is 0 Å². The number of carbonyl (C=O) groups excluding carboxylic acids is 1. The molecule has 0 spiro atoms. The number of rotatable bonds is 5. The minimum absolute atomic E-state index is 0.0985. The van der Waals surface area contributed by atoms with Crippen molar-refractivity contribution in [1.82, 2.24) is 14.8 Å². The van der Waals surface area contributed by atoms with Gasteiger partial charge in [-0.25, -0.2) is 4.68 Å². The Kier molecular flexibility index (Phi) is 5.44. The number of nitrogens with zero attached hydrogens (tertiary/aromatic N) is 3. The van der Waals surface area contributed by atoms with Crippen molar-refractivity contribution in [3.63, 3.8) is 0 Å². The van der Waals surface area contributed by atoms with Gasteiger partial charge in [-0.2, -0.15) is 10.1 Å². The number of aromatic nitrogens is 3. The highest BCUT2D eigenvalue weighted by molar-refractivity contribution is 5.95. The number of benzene rings is 2. The summed E-state index contributed by atoms with van der Waals surface area (Å²) in [6.07, 6.45) is 1.52. The number of fused-ring (bicyclic) bond motifs is 1. The second kappa shape index (κ2) is 8.18. The van der Waals surface area contributed by atoms with Gasteiger partial charge in [-0.15, -0.1) is 0 Å². The van der Waals surface area contributed by atoms with Crippen LogP contribution in [0.4, 0.5) is 11.6 Å². The number of para-hydroxylation sites is 2. The Labute approximate surface area is 176 Å². The molecule has 30 heavy (non-hydrogen) atoms. The Morgan fingerprint density at radius 2 is 1.90 bits per heavy atom. The van der Waals surface area contributed by atoms with E-state index in [9.17, 15) is 4.79 Å². The smallest absolute Gasteiger partial charge is 0.232 e. The molecule has 3 aromatic rings. The van der Waals surface area contributed by atoms with Crippen molar-refractivity contribution >= 4 is 17.5 Å². The third-order valence-electron chi connectivity index (χ3n) is 5.68. The zero-order chi connectivity index (χ0) is 21.3. The summed E-state index contributed by atoms with van der Waals surface area (Å²) in [5, 5.41) is 10.8. The van der Waals surface area contributed by atoms with Crippen molar-refractivity contribution in [2.45, 2.75) is 38.8 Å². The zero-order valence-corrected chi connectivity index (χ0v) is 17.7. The summed E-state index contributed by atoms with van der Waals surface area (Å²) < 4.78 is 7.20. The quantitative estimate of drug-likeness (QED) is 0.669. The second-order valence-electron chi connectivity index (χ2n) is 7.94. The van der Waals surface area contributed by atoms with E-state index in [1.54, 1.807) is 11.8 Å². The van der Waals surface area contributed by atoms with Crippen molar-refractivity contribution in [2.24, 2.45) is 5.92 Å². The first-order chi connectivity index (χ1) is 14.5. The maximum atomic E-state index is 13.5. The normalized spacial score (nSPS) is 20.4. The van der Waals surface area contributed by atoms with E-state index in [0.717, 1.165) is 5.56 Å². The number of carbonyl (C=O) groups is 1. The number of amides is 1. The van der Waals surface area contributed by atoms with E-state index in [0.29, 0.717) is 23.3 Å². The minimum Gasteiger partial charge on any atom is -0.495 e. The first-order valence-electron chi connectivity index (χ1n) is 10.2. The number of nitrogens with one attached hydrogen (secondary N) is 2. The number of ether oxygens (including phenoxy) is 1. The largest absolute Gasteiger partial charge is 0.495 e. The van der Waals surface area contributed by atoms with E-state index in [2.05, 4.69) is 58.8 Å². The molecule has 7 heteroatoms. The van der Waals surface area contributed by atoms with Crippen molar-refractivity contribution in [1.29, 1.82) is 0 Å². The topological polar surface area (TPSA) is 81.1 Å². The molecular formula is C23H27N5O2. The Balaban J connectivity index is 1.71. The number of methoxy groups -OCH3 is 1. The van der Waals surface area contributed by atoms with Crippen molar-refractivity contribution < 1.29 is 9.53 Å². The van der Waals surface area contributed by atoms with Gasteiger partial charge in [-0.1, -0.05) is 50.2 Å². The van der Waals surface area contributed by atoms with Crippen LogP contribution >= 0.6 is 0 Å². The molecule has 1 amide bonds. The van der Waals surface area contributed by atoms with E-state index in [1.165, 1.54) is 11.9 Å². The maximum absolute atomic E-state index is 13.5. The molecule has 1 aliphatic rings. The van der Waals surface area contributed by atoms with Gasteiger partial charge in [0, 0.05) is 6.04 Å². The first kappa shape index (κ1) is 19.9. The highest BCUT2D eigenvalue weighted by Gasteiger charge is 2.41. The van der Waals surface area contributed by atoms with Crippen LogP contribution in [-0.2, 0) is 4.79 Å². The summed E-state index contributed by atoms with van der Waals surface area (Å²) >= 11 is 0. The predicted molar refractivity (Wildman–Crippen MR) is 117 cm³/mol. The van der Waals surface area contributed by atoms with E-state index in [-0.39, 0.29) is 18.0 Å². The average molecular weight is 406 g/mol. The lowest BCUT2D eigenvalue weighted by Gasteiger charge is -2.37. The fraction of sp³-hybridized carbons (Fsp3) is 0.348. The van der Waals surface area contributed by atoms with Crippen molar-refractivity contribution in [3.8, 4) is 5.75 Å². The van der Waals surface area contributed by atoms with E-state index in [4.69, 9.17) is 4.74 Å². The summed E-state index contributed by atoms with van der Waals surface area (Å²) in [4.78, 5) is 17.8. The van der Waals surface area contributed by atoms with Gasteiger partial charge in [0.2, 0.25) is 11.9 Å². The zero-order valence-electron chi connectivity index (χ0n) is 17.7. The number of hydrogen-bond acceptors (Lipinski definition) is 5. The van der Waals surface area contributed by atoms with Crippen LogP contribution in [0.1, 0.15) is 43.9 Å². The number of anilines is 2. The van der Waals surface area contributed by atoms with E-state index in [1.807, 2.05) is 31.2 Å². The van der Waals surface area contributed by atoms with Crippen LogP contribution in [0.2, 0.25) is 0 Å². The molecule has 0 saturated heterocycles. The van der Waals surface area contributed by atoms with Gasteiger partial charge >= 0.3 is 0 Å². The second-order valence-corrected chi connectivity index (χ2v) is 7.94. The molecule has 7 nitrogen and oxygen atoms in total. The molecule has 0 aliphatic carbocycles. The van der Waals surface area contributed by atoms with E-state index < -0.39 is 5.92 Å². The highest BCUT2D eigenvalue weighted by Crippen LogP contribution is 2.37. The molecule has 0 fully saturated rings. The Bertz CT molecular complexity index is 1030. The molecule has 0 saturated carbocycles. The average Bonchev–Trinajstić information content (AvgIpc) is 3.21. The van der Waals surface area contributed by atoms with Crippen LogP contribution in [0.25, 0.3) is 0 Å². The molecule has 1 aliphatic heterocycles. The van der Waals surface area contributed by atoms with Crippen LogP contribution in [0.3, 0.4) is 0 Å². The molecule has 4 rings (SSSR count). The Hall–Kier alpha value is -3.35. The fourth-order valence-electron chi connectivity index (χ4n) is 4.04. The third-order valence-corrected chi connectivity index (χ3v) is 5.68. The van der Waals surface area contributed by atoms with Gasteiger partial charge in [-0.05, 0) is 36.1 Å². The standard InChI is InChI=1S/C23H27N5O2/c1-14(2)16-9-11-17(12-10-16)21-20(15(3)26-23-24-13-25-28(21)23)22(29)27-18-7-5-6-8-19(18)30-4/h5-15,20-21H,1-4H3,(H,27,29)(H,24,25,26)/t15-,20+,21+/m1/s1. The molecule has 0 bridgehead atoms. The highest BCUT2D eigenvalue weighted by atomic mass is 16.5.